The molecule has 204 valence electrons. The molecule has 2 heterocycles. The average Bonchev–Trinajstić information content (AvgIpc) is 3.22. The van der Waals surface area contributed by atoms with Gasteiger partial charge in [0.1, 0.15) is 17.4 Å². The van der Waals surface area contributed by atoms with Crippen LogP contribution in [0.1, 0.15) is 59.6 Å². The summed E-state index contributed by atoms with van der Waals surface area (Å²) in [6, 6.07) is 19.1. The molecule has 0 fully saturated rings. The van der Waals surface area contributed by atoms with Gasteiger partial charge in [-0.15, -0.1) is 5.10 Å². The number of para-hydroxylation sites is 1. The van der Waals surface area contributed by atoms with Crippen LogP contribution in [0.4, 0.5) is 0 Å². The van der Waals surface area contributed by atoms with Crippen LogP contribution < -0.4 is 4.74 Å². The highest BCUT2D eigenvalue weighted by Gasteiger charge is 2.31. The standard InChI is InChI=1S/C32H38N4O3/c1-7-26-19-36(17-24-10-8-9-11-29(24)39-26)18-25-16-23(13-12-20(25)2)30(22(4)32(37)38-6)27-14-15-28-31(21(27)3)33-34-35(28)5/h8-16,22,26,30H,7,17-19H2,1-6H3/t22?,26-,30+/m1/s1. The Hall–Kier alpha value is -3.71. The summed E-state index contributed by atoms with van der Waals surface area (Å²) in [6.45, 7) is 10.9. The number of hydrogen-bond donors (Lipinski definition) is 0. The number of hydrogen-bond acceptors (Lipinski definition) is 6. The highest BCUT2D eigenvalue weighted by Crippen LogP contribution is 2.38. The maximum absolute atomic E-state index is 12.9. The van der Waals surface area contributed by atoms with Crippen molar-refractivity contribution in [2.75, 3.05) is 13.7 Å². The van der Waals surface area contributed by atoms with Gasteiger partial charge in [-0.3, -0.25) is 9.69 Å². The summed E-state index contributed by atoms with van der Waals surface area (Å²) in [5.74, 6) is 0.202. The summed E-state index contributed by atoms with van der Waals surface area (Å²) >= 11 is 0. The highest BCUT2D eigenvalue weighted by molar-refractivity contribution is 5.81. The predicted octanol–water partition coefficient (Wildman–Crippen LogP) is 5.70. The van der Waals surface area contributed by atoms with Crippen LogP contribution in [0, 0.1) is 19.8 Å². The Morgan fingerprint density at radius 3 is 2.72 bits per heavy atom. The molecule has 5 rings (SSSR count). The van der Waals surface area contributed by atoms with Gasteiger partial charge >= 0.3 is 5.97 Å². The minimum absolute atomic E-state index is 0.144. The van der Waals surface area contributed by atoms with Gasteiger partial charge in [-0.05, 0) is 60.2 Å². The van der Waals surface area contributed by atoms with Crippen LogP contribution >= 0.6 is 0 Å². The number of esters is 1. The normalized spacial score (nSPS) is 17.2. The number of fused-ring (bicyclic) bond motifs is 2. The Morgan fingerprint density at radius 1 is 1.15 bits per heavy atom. The van der Waals surface area contributed by atoms with Crippen LogP contribution in [0.25, 0.3) is 11.0 Å². The second-order valence-electron chi connectivity index (χ2n) is 10.8. The van der Waals surface area contributed by atoms with Crippen molar-refractivity contribution >= 4 is 17.0 Å². The first-order chi connectivity index (χ1) is 18.8. The van der Waals surface area contributed by atoms with Crippen LogP contribution in [0.2, 0.25) is 0 Å². The maximum Gasteiger partial charge on any atom is 0.309 e. The largest absolute Gasteiger partial charge is 0.489 e. The number of ether oxygens (including phenoxy) is 2. The Bertz CT molecular complexity index is 1490. The lowest BCUT2D eigenvalue weighted by molar-refractivity contribution is -0.145. The third-order valence-corrected chi connectivity index (χ3v) is 8.19. The predicted molar refractivity (Wildman–Crippen MR) is 153 cm³/mol. The van der Waals surface area contributed by atoms with Gasteiger partial charge in [0.25, 0.3) is 0 Å². The average molecular weight is 527 g/mol. The minimum Gasteiger partial charge on any atom is -0.489 e. The molecule has 7 nitrogen and oxygen atoms in total. The summed E-state index contributed by atoms with van der Waals surface area (Å²) < 4.78 is 13.3. The third kappa shape index (κ3) is 5.28. The third-order valence-electron chi connectivity index (χ3n) is 8.19. The Morgan fingerprint density at radius 2 is 1.95 bits per heavy atom. The lowest BCUT2D eigenvalue weighted by Crippen LogP contribution is -2.32. The van der Waals surface area contributed by atoms with E-state index >= 15 is 0 Å². The SMILES string of the molecule is CC[C@@H]1CN(Cc2cc([C@@H](c3ccc4c(nnn4C)c3C)C(C)C(=O)OC)ccc2C)Cc2ccccc2O1. The Kier molecular flexibility index (Phi) is 7.71. The van der Waals surface area contributed by atoms with Gasteiger partial charge < -0.3 is 9.47 Å². The van der Waals surface area contributed by atoms with Crippen molar-refractivity contribution in [3.63, 3.8) is 0 Å². The summed E-state index contributed by atoms with van der Waals surface area (Å²) in [5.41, 5.74) is 8.73. The number of carbonyl (C=O) groups excluding carboxylic acids is 1. The molecule has 1 unspecified atom stereocenters. The molecule has 0 radical (unpaired) electrons. The molecule has 0 amide bonds. The monoisotopic (exact) mass is 526 g/mol. The molecule has 3 atom stereocenters. The van der Waals surface area contributed by atoms with Crippen LogP contribution in [-0.2, 0) is 29.7 Å². The van der Waals surface area contributed by atoms with Crippen molar-refractivity contribution in [1.82, 2.24) is 19.9 Å². The molecule has 4 aromatic rings. The van der Waals surface area contributed by atoms with E-state index in [9.17, 15) is 4.79 Å². The molecule has 39 heavy (non-hydrogen) atoms. The summed E-state index contributed by atoms with van der Waals surface area (Å²) in [7, 11) is 3.35. The molecule has 1 aromatic heterocycles. The second kappa shape index (κ2) is 11.2. The number of aryl methyl sites for hydroxylation is 3. The van der Waals surface area contributed by atoms with E-state index in [2.05, 4.69) is 78.4 Å². The lowest BCUT2D eigenvalue weighted by Gasteiger charge is -2.27. The molecule has 3 aromatic carbocycles. The van der Waals surface area contributed by atoms with E-state index in [1.807, 2.05) is 26.1 Å². The number of rotatable bonds is 7. The van der Waals surface area contributed by atoms with Gasteiger partial charge in [0.2, 0.25) is 0 Å². The zero-order valence-corrected chi connectivity index (χ0v) is 23.8. The van der Waals surface area contributed by atoms with Gasteiger partial charge in [-0.25, -0.2) is 4.68 Å². The van der Waals surface area contributed by atoms with E-state index in [1.54, 1.807) is 4.68 Å². The Balaban J connectivity index is 1.54. The smallest absolute Gasteiger partial charge is 0.309 e. The zero-order chi connectivity index (χ0) is 27.7. The lowest BCUT2D eigenvalue weighted by atomic mass is 9.78. The molecule has 0 N–H and O–H groups in total. The van der Waals surface area contributed by atoms with Crippen molar-refractivity contribution in [3.05, 3.63) is 88.0 Å². The van der Waals surface area contributed by atoms with Crippen molar-refractivity contribution < 1.29 is 14.3 Å². The fourth-order valence-corrected chi connectivity index (χ4v) is 5.83. The van der Waals surface area contributed by atoms with Crippen LogP contribution in [-0.4, -0.2) is 45.6 Å². The van der Waals surface area contributed by atoms with Gasteiger partial charge in [-0.1, -0.05) is 61.5 Å². The molecule has 0 bridgehead atoms. The van der Waals surface area contributed by atoms with E-state index in [-0.39, 0.29) is 23.9 Å². The summed E-state index contributed by atoms with van der Waals surface area (Å²) in [4.78, 5) is 15.4. The zero-order valence-electron chi connectivity index (χ0n) is 23.8. The maximum atomic E-state index is 12.9. The molecule has 0 aliphatic carbocycles. The fourth-order valence-electron chi connectivity index (χ4n) is 5.83. The highest BCUT2D eigenvalue weighted by atomic mass is 16.5. The number of nitrogens with zero attached hydrogens (tertiary/aromatic N) is 4. The molecule has 1 aliphatic heterocycles. The fraction of sp³-hybridized carbons (Fsp3) is 0.406. The second-order valence-corrected chi connectivity index (χ2v) is 10.8. The Labute approximate surface area is 230 Å². The van der Waals surface area contributed by atoms with E-state index < -0.39 is 0 Å². The molecule has 0 spiro atoms. The van der Waals surface area contributed by atoms with Gasteiger partial charge in [0, 0.05) is 38.2 Å². The van der Waals surface area contributed by atoms with E-state index in [0.717, 1.165) is 59.5 Å². The topological polar surface area (TPSA) is 69.5 Å². The van der Waals surface area contributed by atoms with Gasteiger partial charge in [0.05, 0.1) is 18.5 Å². The first-order valence-corrected chi connectivity index (χ1v) is 13.7. The van der Waals surface area contributed by atoms with Crippen LogP contribution in [0.3, 0.4) is 0 Å². The molecule has 7 heteroatoms. The number of aromatic nitrogens is 3. The number of benzene rings is 3. The van der Waals surface area contributed by atoms with Gasteiger partial charge in [-0.2, -0.15) is 0 Å². The first kappa shape index (κ1) is 26.9. The van der Waals surface area contributed by atoms with Gasteiger partial charge in [0.15, 0.2) is 0 Å². The van der Waals surface area contributed by atoms with E-state index in [1.165, 1.54) is 23.8 Å². The molecular formula is C32H38N4O3. The van der Waals surface area contributed by atoms with E-state index in [4.69, 9.17) is 9.47 Å². The van der Waals surface area contributed by atoms with E-state index in [0.29, 0.717) is 0 Å². The number of carbonyl (C=O) groups is 1. The van der Waals surface area contributed by atoms with Crippen molar-refractivity contribution in [2.45, 2.75) is 59.2 Å². The summed E-state index contributed by atoms with van der Waals surface area (Å²) in [5, 5.41) is 8.62. The first-order valence-electron chi connectivity index (χ1n) is 13.7. The molecule has 1 aliphatic rings. The van der Waals surface area contributed by atoms with Crippen LogP contribution in [0.5, 0.6) is 5.75 Å². The van der Waals surface area contributed by atoms with Crippen molar-refractivity contribution in [3.8, 4) is 5.75 Å². The minimum atomic E-state index is -0.374. The van der Waals surface area contributed by atoms with Crippen LogP contribution in [0.15, 0.2) is 54.6 Å². The molecule has 0 saturated carbocycles. The number of methoxy groups -OCH3 is 1. The summed E-state index contributed by atoms with van der Waals surface area (Å²) in [6.07, 6.45) is 1.10. The van der Waals surface area contributed by atoms with Crippen molar-refractivity contribution in [2.24, 2.45) is 13.0 Å². The van der Waals surface area contributed by atoms with Crippen molar-refractivity contribution in [1.29, 1.82) is 0 Å². The molecule has 0 saturated heterocycles. The molecular weight excluding hydrogens is 488 g/mol. The quantitative estimate of drug-likeness (QED) is 0.288.